The fourth-order valence-electron chi connectivity index (χ4n) is 1.49. The van der Waals surface area contributed by atoms with Crippen molar-refractivity contribution in [2.45, 2.75) is 18.5 Å². The molecule has 0 aliphatic heterocycles. The third-order valence-electron chi connectivity index (χ3n) is 2.47. The van der Waals surface area contributed by atoms with Crippen LogP contribution in [0.4, 0.5) is 11.8 Å². The van der Waals surface area contributed by atoms with Gasteiger partial charge in [-0.1, -0.05) is 18.7 Å². The van der Waals surface area contributed by atoms with E-state index in [0.717, 1.165) is 35.3 Å². The third-order valence-corrected chi connectivity index (χ3v) is 3.48. The number of thioether (sulfide) groups is 1. The van der Waals surface area contributed by atoms with Gasteiger partial charge in [-0.25, -0.2) is 9.67 Å². The van der Waals surface area contributed by atoms with Crippen molar-refractivity contribution in [1.29, 1.82) is 0 Å². The van der Waals surface area contributed by atoms with Gasteiger partial charge in [-0.3, -0.25) is 0 Å². The van der Waals surface area contributed by atoms with E-state index in [9.17, 15) is 0 Å². The highest BCUT2D eigenvalue weighted by molar-refractivity contribution is 7.99. The van der Waals surface area contributed by atoms with Gasteiger partial charge >= 0.3 is 0 Å². The lowest BCUT2D eigenvalue weighted by Gasteiger charge is -2.09. The van der Waals surface area contributed by atoms with Crippen LogP contribution in [0.3, 0.4) is 0 Å². The van der Waals surface area contributed by atoms with E-state index in [-0.39, 0.29) is 5.95 Å². The second kappa shape index (κ2) is 6.32. The highest BCUT2D eigenvalue weighted by atomic mass is 32.2. The van der Waals surface area contributed by atoms with Crippen LogP contribution in [0.25, 0.3) is 0 Å². The van der Waals surface area contributed by atoms with E-state index < -0.39 is 0 Å². The average molecular weight is 280 g/mol. The number of tetrazole rings is 1. The van der Waals surface area contributed by atoms with Gasteiger partial charge in [0.25, 0.3) is 0 Å². The van der Waals surface area contributed by atoms with Gasteiger partial charge in [0, 0.05) is 31.1 Å². The Hall–Kier alpha value is -1.90. The first-order chi connectivity index (χ1) is 9.20. The Morgan fingerprint density at radius 1 is 1.47 bits per heavy atom. The lowest BCUT2D eigenvalue weighted by atomic mass is 10.2. The summed E-state index contributed by atoms with van der Waals surface area (Å²) in [6.45, 7) is 2.81. The Labute approximate surface area is 115 Å². The molecule has 0 bridgehead atoms. The van der Waals surface area contributed by atoms with E-state index in [0.29, 0.717) is 0 Å². The van der Waals surface area contributed by atoms with Crippen LogP contribution in [0.15, 0.2) is 11.4 Å². The van der Waals surface area contributed by atoms with Gasteiger partial charge in [-0.15, -0.1) is 5.10 Å². The summed E-state index contributed by atoms with van der Waals surface area (Å²) in [4.78, 5) is 8.18. The van der Waals surface area contributed by atoms with Crippen LogP contribution in [0.5, 0.6) is 0 Å². The van der Waals surface area contributed by atoms with Crippen LogP contribution < -0.4 is 11.1 Å². The van der Waals surface area contributed by atoms with Gasteiger partial charge in [0.2, 0.25) is 11.1 Å². The van der Waals surface area contributed by atoms with E-state index in [4.69, 9.17) is 5.73 Å². The summed E-state index contributed by atoms with van der Waals surface area (Å²) in [5.41, 5.74) is 6.64. The molecule has 2 heterocycles. The Bertz CT molecular complexity index is 540. The van der Waals surface area contributed by atoms with Gasteiger partial charge < -0.3 is 11.1 Å². The van der Waals surface area contributed by atoms with Crippen molar-refractivity contribution in [3.05, 3.63) is 11.8 Å². The zero-order chi connectivity index (χ0) is 13.7. The monoisotopic (exact) mass is 280 g/mol. The van der Waals surface area contributed by atoms with E-state index in [1.54, 1.807) is 22.6 Å². The van der Waals surface area contributed by atoms with Crippen LogP contribution in [0.1, 0.15) is 12.5 Å². The minimum absolute atomic E-state index is 0.282. The molecule has 0 saturated carbocycles. The first-order valence-electron chi connectivity index (χ1n) is 5.91. The van der Waals surface area contributed by atoms with Crippen LogP contribution in [0, 0.1) is 0 Å². The maximum Gasteiger partial charge on any atom is 0.221 e. The predicted molar refractivity (Wildman–Crippen MR) is 73.8 cm³/mol. The van der Waals surface area contributed by atoms with Crippen molar-refractivity contribution in [2.24, 2.45) is 7.05 Å². The number of aryl methyl sites for hydroxylation is 2. The van der Waals surface area contributed by atoms with Crippen LogP contribution in [0.2, 0.25) is 0 Å². The van der Waals surface area contributed by atoms with E-state index in [1.807, 2.05) is 7.05 Å². The van der Waals surface area contributed by atoms with Crippen molar-refractivity contribution in [3.63, 3.8) is 0 Å². The Balaban J connectivity index is 1.86. The zero-order valence-electron chi connectivity index (χ0n) is 10.9. The quantitative estimate of drug-likeness (QED) is 0.576. The molecule has 8 nitrogen and oxygen atoms in total. The van der Waals surface area contributed by atoms with E-state index >= 15 is 0 Å². The molecule has 2 aromatic heterocycles. The molecule has 0 aromatic carbocycles. The normalized spacial score (nSPS) is 10.6. The number of rotatable bonds is 6. The average Bonchev–Trinajstić information content (AvgIpc) is 2.80. The smallest absolute Gasteiger partial charge is 0.221 e. The molecule has 2 aromatic rings. The molecular weight excluding hydrogens is 264 g/mol. The molecule has 0 aliphatic carbocycles. The second-order valence-corrected chi connectivity index (χ2v) is 4.88. The molecule has 0 aliphatic rings. The maximum absolute atomic E-state index is 5.59. The lowest BCUT2D eigenvalue weighted by molar-refractivity contribution is 0.664. The number of nitrogen functional groups attached to an aromatic ring is 1. The fraction of sp³-hybridized carbons (Fsp3) is 0.500. The third kappa shape index (κ3) is 3.53. The number of aromatic nitrogens is 6. The number of anilines is 2. The minimum atomic E-state index is 0.282. The summed E-state index contributed by atoms with van der Waals surface area (Å²) in [6.07, 6.45) is 2.62. The molecule has 3 N–H and O–H groups in total. The molecule has 0 unspecified atom stereocenters. The number of nitrogens with zero attached hydrogens (tertiary/aromatic N) is 6. The van der Waals surface area contributed by atoms with Crippen molar-refractivity contribution >= 4 is 23.5 Å². The van der Waals surface area contributed by atoms with Crippen molar-refractivity contribution in [1.82, 2.24) is 30.2 Å². The van der Waals surface area contributed by atoms with E-state index in [2.05, 4.69) is 37.7 Å². The van der Waals surface area contributed by atoms with Crippen molar-refractivity contribution in [3.8, 4) is 0 Å². The number of nitrogens with one attached hydrogen (secondary N) is 1. The van der Waals surface area contributed by atoms with E-state index in [1.165, 1.54) is 0 Å². The first-order valence-corrected chi connectivity index (χ1v) is 6.89. The highest BCUT2D eigenvalue weighted by Crippen LogP contribution is 2.15. The number of nitrogens with two attached hydrogens (primary N) is 1. The largest absolute Gasteiger partial charge is 0.369 e. The van der Waals surface area contributed by atoms with Crippen LogP contribution in [-0.2, 0) is 13.5 Å². The maximum atomic E-state index is 5.59. The molecule has 0 saturated heterocycles. The highest BCUT2D eigenvalue weighted by Gasteiger charge is 2.05. The standard InChI is InChI=1S/C10H16N8S/c1-3-7-6-13-9(11)14-8(7)12-4-5-19-10-15-16-17-18(10)2/h6H,3-5H2,1-2H3,(H3,11,12,13,14). The predicted octanol–water partition coefficient (Wildman–Crippen LogP) is 0.349. The molecule has 0 spiro atoms. The number of hydrogen-bond acceptors (Lipinski definition) is 8. The molecule has 0 radical (unpaired) electrons. The SMILES string of the molecule is CCc1cnc(N)nc1NCCSc1nnnn1C. The fourth-order valence-corrected chi connectivity index (χ4v) is 2.19. The molecule has 9 heteroatoms. The first kappa shape index (κ1) is 13.5. The zero-order valence-corrected chi connectivity index (χ0v) is 11.7. The molecule has 0 fully saturated rings. The van der Waals surface area contributed by atoms with Gasteiger partial charge in [0.1, 0.15) is 5.82 Å². The molecule has 0 atom stereocenters. The summed E-state index contributed by atoms with van der Waals surface area (Å²) in [6, 6.07) is 0. The van der Waals surface area contributed by atoms with Gasteiger partial charge in [-0.05, 0) is 16.8 Å². The van der Waals surface area contributed by atoms with Crippen LogP contribution >= 0.6 is 11.8 Å². The Morgan fingerprint density at radius 3 is 3.00 bits per heavy atom. The minimum Gasteiger partial charge on any atom is -0.369 e. The van der Waals surface area contributed by atoms with Crippen LogP contribution in [-0.4, -0.2) is 42.5 Å². The second-order valence-electron chi connectivity index (χ2n) is 3.82. The molecule has 2 rings (SSSR count). The summed E-state index contributed by atoms with van der Waals surface area (Å²) in [5, 5.41) is 15.3. The summed E-state index contributed by atoms with van der Waals surface area (Å²) < 4.78 is 1.64. The number of hydrogen-bond donors (Lipinski definition) is 2. The Kier molecular flexibility index (Phi) is 4.50. The molecule has 102 valence electrons. The van der Waals surface area contributed by atoms with Crippen molar-refractivity contribution in [2.75, 3.05) is 23.3 Å². The molecule has 0 amide bonds. The molecular formula is C10H16N8S. The van der Waals surface area contributed by atoms with Crippen molar-refractivity contribution < 1.29 is 0 Å². The summed E-state index contributed by atoms with van der Waals surface area (Å²) in [7, 11) is 1.82. The lowest BCUT2D eigenvalue weighted by Crippen LogP contribution is -2.10. The van der Waals surface area contributed by atoms with Gasteiger partial charge in [0.05, 0.1) is 0 Å². The summed E-state index contributed by atoms with van der Waals surface area (Å²) >= 11 is 1.58. The van der Waals surface area contributed by atoms with Gasteiger partial charge in [-0.2, -0.15) is 4.98 Å². The summed E-state index contributed by atoms with van der Waals surface area (Å²) in [5.74, 6) is 1.91. The van der Waals surface area contributed by atoms with Gasteiger partial charge in [0.15, 0.2) is 0 Å². The molecule has 19 heavy (non-hydrogen) atoms. The topological polar surface area (TPSA) is 107 Å². The Morgan fingerprint density at radius 2 is 2.32 bits per heavy atom.